The summed E-state index contributed by atoms with van der Waals surface area (Å²) in [4.78, 5) is 11.5. The van der Waals surface area contributed by atoms with Gasteiger partial charge in [-0.1, -0.05) is 24.3 Å². The van der Waals surface area contributed by atoms with Crippen LogP contribution >= 0.6 is 0 Å². The van der Waals surface area contributed by atoms with Crippen LogP contribution in [0.2, 0.25) is 0 Å². The Kier molecular flexibility index (Phi) is 4.18. The zero-order chi connectivity index (χ0) is 14.6. The first-order chi connectivity index (χ1) is 9.57. The maximum Gasteiger partial charge on any atom is 0.130 e. The molecule has 0 radical (unpaired) electrons. The van der Waals surface area contributed by atoms with Crippen LogP contribution in [-0.2, 0) is 16.6 Å². The predicted octanol–water partition coefficient (Wildman–Crippen LogP) is 3.53. The van der Waals surface area contributed by atoms with Crippen LogP contribution < -0.4 is 4.74 Å². The van der Waals surface area contributed by atoms with Gasteiger partial charge in [0.1, 0.15) is 17.9 Å². The molecule has 2 aromatic carbocycles. The van der Waals surface area contributed by atoms with E-state index in [1.807, 2.05) is 31.2 Å². The van der Waals surface area contributed by atoms with Crippen LogP contribution in [0.1, 0.15) is 18.1 Å². The minimum atomic E-state index is -0.739. The van der Waals surface area contributed by atoms with E-state index < -0.39 is 5.41 Å². The Labute approximate surface area is 118 Å². The molecule has 2 aromatic rings. The highest BCUT2D eigenvalue weighted by atomic mass is 19.1. The van der Waals surface area contributed by atoms with Crippen LogP contribution in [0.4, 0.5) is 4.39 Å². The van der Waals surface area contributed by atoms with E-state index in [9.17, 15) is 9.18 Å². The third kappa shape index (κ3) is 3.05. The zero-order valence-corrected chi connectivity index (χ0v) is 11.6. The van der Waals surface area contributed by atoms with E-state index >= 15 is 0 Å². The molecule has 0 N–H and O–H groups in total. The van der Waals surface area contributed by atoms with Gasteiger partial charge in [0.15, 0.2) is 0 Å². The number of hydrogen-bond acceptors (Lipinski definition) is 2. The number of aldehydes is 1. The minimum Gasteiger partial charge on any atom is -0.497 e. The Morgan fingerprint density at radius 3 is 2.45 bits per heavy atom. The Morgan fingerprint density at radius 2 is 1.90 bits per heavy atom. The highest BCUT2D eigenvalue weighted by Gasteiger charge is 2.26. The first-order valence-electron chi connectivity index (χ1n) is 6.43. The normalized spacial score (nSPS) is 13.6. The van der Waals surface area contributed by atoms with Gasteiger partial charge in [-0.3, -0.25) is 0 Å². The van der Waals surface area contributed by atoms with E-state index in [2.05, 4.69) is 0 Å². The summed E-state index contributed by atoms with van der Waals surface area (Å²) in [7, 11) is 1.61. The average Bonchev–Trinajstić information content (AvgIpc) is 2.48. The quantitative estimate of drug-likeness (QED) is 0.778. The lowest BCUT2D eigenvalue weighted by atomic mass is 9.78. The summed E-state index contributed by atoms with van der Waals surface area (Å²) < 4.78 is 18.4. The van der Waals surface area contributed by atoms with Gasteiger partial charge >= 0.3 is 0 Å². The fourth-order valence-electron chi connectivity index (χ4n) is 2.22. The van der Waals surface area contributed by atoms with Crippen molar-refractivity contribution in [3.63, 3.8) is 0 Å². The van der Waals surface area contributed by atoms with Gasteiger partial charge in [-0.15, -0.1) is 0 Å². The summed E-state index contributed by atoms with van der Waals surface area (Å²) in [5.41, 5.74) is 0.949. The van der Waals surface area contributed by atoms with E-state index in [1.165, 1.54) is 12.1 Å². The Balaban J connectivity index is 2.28. The molecule has 0 aliphatic rings. The second kappa shape index (κ2) is 5.87. The fourth-order valence-corrected chi connectivity index (χ4v) is 2.22. The molecule has 0 heterocycles. The molecule has 0 fully saturated rings. The third-order valence-electron chi connectivity index (χ3n) is 3.47. The fraction of sp³-hybridized carbons (Fsp3) is 0.235. The van der Waals surface area contributed by atoms with Crippen LogP contribution in [0.15, 0.2) is 48.5 Å². The van der Waals surface area contributed by atoms with E-state index in [4.69, 9.17) is 4.74 Å². The predicted molar refractivity (Wildman–Crippen MR) is 76.5 cm³/mol. The van der Waals surface area contributed by atoms with Gasteiger partial charge < -0.3 is 9.53 Å². The molecule has 0 aromatic heterocycles. The lowest BCUT2D eigenvalue weighted by Crippen LogP contribution is -2.27. The van der Waals surface area contributed by atoms with Crippen LogP contribution in [0, 0.1) is 5.82 Å². The van der Waals surface area contributed by atoms with Crippen LogP contribution in [0.3, 0.4) is 0 Å². The van der Waals surface area contributed by atoms with E-state index in [-0.39, 0.29) is 5.82 Å². The summed E-state index contributed by atoms with van der Waals surface area (Å²) >= 11 is 0. The lowest BCUT2D eigenvalue weighted by Gasteiger charge is -2.24. The van der Waals surface area contributed by atoms with Crippen LogP contribution in [-0.4, -0.2) is 13.4 Å². The smallest absolute Gasteiger partial charge is 0.130 e. The minimum absolute atomic E-state index is 0.328. The van der Waals surface area contributed by atoms with Crippen molar-refractivity contribution in [3.8, 4) is 5.75 Å². The average molecular weight is 272 g/mol. The summed E-state index contributed by atoms with van der Waals surface area (Å²) in [6.07, 6.45) is 1.40. The van der Waals surface area contributed by atoms with Gasteiger partial charge in [-0.05, 0) is 48.7 Å². The van der Waals surface area contributed by atoms with E-state index in [1.54, 1.807) is 19.2 Å². The molecule has 20 heavy (non-hydrogen) atoms. The standard InChI is InChI=1S/C17H17FO2/c1-17(12-19,14-4-3-5-15(18)10-14)11-13-6-8-16(20-2)9-7-13/h3-10,12H,11H2,1-2H3. The molecule has 0 saturated heterocycles. The molecule has 0 spiro atoms. The van der Waals surface area contributed by atoms with Gasteiger partial charge in [-0.25, -0.2) is 4.39 Å². The number of benzene rings is 2. The second-order valence-corrected chi connectivity index (χ2v) is 5.07. The number of hydrogen-bond donors (Lipinski definition) is 0. The molecule has 104 valence electrons. The summed E-state index contributed by atoms with van der Waals surface area (Å²) in [6.45, 7) is 1.82. The number of ether oxygens (including phenoxy) is 1. The first kappa shape index (κ1) is 14.3. The molecule has 1 atom stereocenters. The number of halogens is 1. The Morgan fingerprint density at radius 1 is 1.20 bits per heavy atom. The van der Waals surface area contributed by atoms with Crippen molar-refractivity contribution in [2.45, 2.75) is 18.8 Å². The number of methoxy groups -OCH3 is 1. The highest BCUT2D eigenvalue weighted by molar-refractivity contribution is 5.68. The molecule has 3 heteroatoms. The zero-order valence-electron chi connectivity index (χ0n) is 11.6. The van der Waals surface area contributed by atoms with Crippen molar-refractivity contribution in [3.05, 3.63) is 65.5 Å². The maximum atomic E-state index is 13.3. The number of carbonyl (C=O) groups is 1. The van der Waals surface area contributed by atoms with Gasteiger partial charge in [0.2, 0.25) is 0 Å². The van der Waals surface area contributed by atoms with Crippen LogP contribution in [0.5, 0.6) is 5.75 Å². The molecule has 0 amide bonds. The highest BCUT2D eigenvalue weighted by Crippen LogP contribution is 2.27. The van der Waals surface area contributed by atoms with Crippen LogP contribution in [0.25, 0.3) is 0 Å². The summed E-state index contributed by atoms with van der Waals surface area (Å²) in [6, 6.07) is 13.7. The molecule has 0 aliphatic carbocycles. The van der Waals surface area contributed by atoms with Crippen molar-refractivity contribution < 1.29 is 13.9 Å². The summed E-state index contributed by atoms with van der Waals surface area (Å²) in [5, 5.41) is 0. The first-order valence-corrected chi connectivity index (χ1v) is 6.43. The van der Waals surface area contributed by atoms with E-state index in [0.29, 0.717) is 12.0 Å². The van der Waals surface area contributed by atoms with Crippen molar-refractivity contribution in [1.29, 1.82) is 0 Å². The van der Waals surface area contributed by atoms with Gasteiger partial charge in [0.25, 0.3) is 0 Å². The van der Waals surface area contributed by atoms with Gasteiger partial charge in [0, 0.05) is 0 Å². The molecule has 0 bridgehead atoms. The molecular formula is C17H17FO2. The van der Waals surface area contributed by atoms with E-state index in [0.717, 1.165) is 17.6 Å². The van der Waals surface area contributed by atoms with Crippen molar-refractivity contribution in [1.82, 2.24) is 0 Å². The second-order valence-electron chi connectivity index (χ2n) is 5.07. The largest absolute Gasteiger partial charge is 0.497 e. The van der Waals surface area contributed by atoms with Crippen molar-refractivity contribution in [2.75, 3.05) is 7.11 Å². The number of carbonyl (C=O) groups excluding carboxylic acids is 1. The Bertz CT molecular complexity index is 592. The molecule has 2 rings (SSSR count). The lowest BCUT2D eigenvalue weighted by molar-refractivity contribution is -0.112. The molecule has 2 nitrogen and oxygen atoms in total. The van der Waals surface area contributed by atoms with Crippen molar-refractivity contribution in [2.24, 2.45) is 0 Å². The monoisotopic (exact) mass is 272 g/mol. The van der Waals surface area contributed by atoms with Crippen molar-refractivity contribution >= 4 is 6.29 Å². The maximum absolute atomic E-state index is 13.3. The molecular weight excluding hydrogens is 255 g/mol. The summed E-state index contributed by atoms with van der Waals surface area (Å²) in [5.74, 6) is 0.442. The third-order valence-corrected chi connectivity index (χ3v) is 3.47. The van der Waals surface area contributed by atoms with Gasteiger partial charge in [-0.2, -0.15) is 0 Å². The Hall–Kier alpha value is -2.16. The molecule has 0 aliphatic heterocycles. The molecule has 0 saturated carbocycles. The molecule has 1 unspecified atom stereocenters. The number of rotatable bonds is 5. The van der Waals surface area contributed by atoms with Gasteiger partial charge in [0.05, 0.1) is 12.5 Å². The topological polar surface area (TPSA) is 26.3 Å². The SMILES string of the molecule is COc1ccc(CC(C)(C=O)c2cccc(F)c2)cc1.